The van der Waals surface area contributed by atoms with Crippen molar-refractivity contribution in [3.05, 3.63) is 24.3 Å². The molecule has 2 saturated carbocycles. The van der Waals surface area contributed by atoms with E-state index >= 15 is 0 Å². The minimum absolute atomic E-state index is 0.0167. The van der Waals surface area contributed by atoms with Gasteiger partial charge in [-0.25, -0.2) is 0 Å². The minimum atomic E-state index is -0.868. The summed E-state index contributed by atoms with van der Waals surface area (Å²) in [5.41, 5.74) is 1.46. The molecule has 3 aliphatic rings. The van der Waals surface area contributed by atoms with Crippen molar-refractivity contribution in [2.45, 2.75) is 72.1 Å². The van der Waals surface area contributed by atoms with Gasteiger partial charge in [-0.1, -0.05) is 44.9 Å². The number of hydrogen-bond donors (Lipinski definition) is 2. The Labute approximate surface area is 163 Å². The molecular weight excluding hydrogens is 338 g/mol. The molecule has 0 bridgehead atoms. The van der Waals surface area contributed by atoms with Crippen LogP contribution in [-0.4, -0.2) is 23.5 Å². The number of hydrogen-bond acceptors (Lipinski definition) is 2. The molecule has 5 atom stereocenters. The Morgan fingerprint density at radius 3 is 2.70 bits per heavy atom. The standard InChI is InChI=1S/C23H35NO3/c1-5-21(2)13-9-17-16(15-21)7-8-18-22(17,3)11-6-12-23(18,4)20(27)24-14-10-19(25)26/h5,9,16,18H,1,6-8,10-15H2,2-4H3,(H,24,27)(H,25,26)/t16?,18?,21-,22-,23+/m0/s1. The highest BCUT2D eigenvalue weighted by Gasteiger charge is 2.57. The number of allylic oxidation sites excluding steroid dienone is 3. The zero-order chi connectivity index (χ0) is 19.9. The number of carbonyl (C=O) groups excluding carboxylic acids is 1. The molecule has 0 aliphatic heterocycles. The number of fused-ring (bicyclic) bond motifs is 3. The third kappa shape index (κ3) is 3.48. The van der Waals surface area contributed by atoms with Crippen LogP contribution >= 0.6 is 0 Å². The molecule has 0 spiro atoms. The summed E-state index contributed by atoms with van der Waals surface area (Å²) in [6.45, 7) is 11.1. The van der Waals surface area contributed by atoms with Gasteiger partial charge in [0.2, 0.25) is 5.91 Å². The van der Waals surface area contributed by atoms with Crippen molar-refractivity contribution in [2.24, 2.45) is 28.1 Å². The molecule has 0 heterocycles. The molecular formula is C23H35NO3. The highest BCUT2D eigenvalue weighted by Crippen LogP contribution is 2.63. The molecule has 3 rings (SSSR count). The maximum absolute atomic E-state index is 13.1. The van der Waals surface area contributed by atoms with Gasteiger partial charge in [-0.3, -0.25) is 9.59 Å². The Morgan fingerprint density at radius 1 is 1.30 bits per heavy atom. The summed E-state index contributed by atoms with van der Waals surface area (Å²) < 4.78 is 0. The smallest absolute Gasteiger partial charge is 0.305 e. The van der Waals surface area contributed by atoms with Crippen molar-refractivity contribution in [1.29, 1.82) is 0 Å². The van der Waals surface area contributed by atoms with Crippen molar-refractivity contribution in [1.82, 2.24) is 5.32 Å². The summed E-state index contributed by atoms with van der Waals surface area (Å²) in [4.78, 5) is 23.9. The summed E-state index contributed by atoms with van der Waals surface area (Å²) in [6.07, 6.45) is 12.1. The molecule has 2 fully saturated rings. The summed E-state index contributed by atoms with van der Waals surface area (Å²) in [5.74, 6) is 0.122. The second-order valence-electron chi connectivity index (χ2n) is 9.84. The van der Waals surface area contributed by atoms with E-state index in [1.165, 1.54) is 6.42 Å². The monoisotopic (exact) mass is 373 g/mol. The molecule has 2 unspecified atom stereocenters. The number of nitrogens with one attached hydrogen (secondary N) is 1. The Bertz CT molecular complexity index is 669. The predicted molar refractivity (Wildman–Crippen MR) is 107 cm³/mol. The number of aliphatic carboxylic acids is 1. The van der Waals surface area contributed by atoms with Gasteiger partial charge < -0.3 is 10.4 Å². The fraction of sp³-hybridized carbons (Fsp3) is 0.739. The molecule has 0 aromatic carbocycles. The molecule has 27 heavy (non-hydrogen) atoms. The lowest BCUT2D eigenvalue weighted by atomic mass is 9.46. The predicted octanol–water partition coefficient (Wildman–Crippen LogP) is 4.71. The van der Waals surface area contributed by atoms with E-state index in [1.54, 1.807) is 5.57 Å². The van der Waals surface area contributed by atoms with E-state index in [2.05, 4.69) is 44.8 Å². The zero-order valence-electron chi connectivity index (χ0n) is 17.1. The number of carboxylic acid groups (broad SMARTS) is 1. The maximum atomic E-state index is 13.1. The van der Waals surface area contributed by atoms with Gasteiger partial charge >= 0.3 is 5.97 Å². The average molecular weight is 374 g/mol. The van der Waals surface area contributed by atoms with Crippen molar-refractivity contribution >= 4 is 11.9 Å². The molecule has 1 amide bonds. The van der Waals surface area contributed by atoms with Crippen molar-refractivity contribution in [3.8, 4) is 0 Å². The van der Waals surface area contributed by atoms with Gasteiger partial charge in [-0.2, -0.15) is 0 Å². The van der Waals surface area contributed by atoms with Crippen LogP contribution in [0.25, 0.3) is 0 Å². The lowest BCUT2D eigenvalue weighted by molar-refractivity contribution is -0.142. The first kappa shape index (κ1) is 20.2. The lowest BCUT2D eigenvalue weighted by Crippen LogP contribution is -2.55. The van der Waals surface area contributed by atoms with Gasteiger partial charge in [0.1, 0.15) is 0 Å². The van der Waals surface area contributed by atoms with Crippen LogP contribution in [0.15, 0.2) is 24.3 Å². The normalized spacial score (nSPS) is 40.9. The molecule has 0 radical (unpaired) electrons. The van der Waals surface area contributed by atoms with Crippen LogP contribution in [0.3, 0.4) is 0 Å². The number of carbonyl (C=O) groups is 2. The molecule has 0 saturated heterocycles. The first-order chi connectivity index (χ1) is 12.6. The van der Waals surface area contributed by atoms with Crippen molar-refractivity contribution < 1.29 is 14.7 Å². The highest BCUT2D eigenvalue weighted by molar-refractivity contribution is 5.83. The van der Waals surface area contributed by atoms with E-state index in [0.29, 0.717) is 11.8 Å². The van der Waals surface area contributed by atoms with Crippen LogP contribution in [0.4, 0.5) is 0 Å². The van der Waals surface area contributed by atoms with Crippen molar-refractivity contribution in [3.63, 3.8) is 0 Å². The summed E-state index contributed by atoms with van der Waals surface area (Å²) in [7, 11) is 0. The van der Waals surface area contributed by atoms with Crippen molar-refractivity contribution in [2.75, 3.05) is 6.54 Å². The molecule has 2 N–H and O–H groups in total. The summed E-state index contributed by atoms with van der Waals surface area (Å²) >= 11 is 0. The SMILES string of the molecule is C=C[C@@]1(C)CC=C2C(CCC3[C@](C)(C(=O)NCCC(=O)O)CCC[C@@]23C)C1. The fourth-order valence-corrected chi connectivity index (χ4v) is 6.37. The molecule has 0 aromatic heterocycles. The molecule has 150 valence electrons. The van der Waals surface area contributed by atoms with Gasteiger partial charge in [-0.15, -0.1) is 6.58 Å². The van der Waals surface area contributed by atoms with E-state index in [4.69, 9.17) is 5.11 Å². The van der Waals surface area contributed by atoms with Gasteiger partial charge in [0, 0.05) is 12.0 Å². The van der Waals surface area contributed by atoms with Crippen LogP contribution in [0, 0.1) is 28.1 Å². The Morgan fingerprint density at radius 2 is 2.04 bits per heavy atom. The molecule has 4 heteroatoms. The Kier molecular flexibility index (Phi) is 5.31. The molecule has 0 aromatic rings. The van der Waals surface area contributed by atoms with Crippen LogP contribution in [-0.2, 0) is 9.59 Å². The average Bonchev–Trinajstić information content (AvgIpc) is 2.60. The number of carboxylic acids is 1. The molecule has 3 aliphatic carbocycles. The summed E-state index contributed by atoms with van der Waals surface area (Å²) in [6, 6.07) is 0. The lowest BCUT2D eigenvalue weighted by Gasteiger charge is -2.58. The largest absolute Gasteiger partial charge is 0.481 e. The van der Waals surface area contributed by atoms with Crippen LogP contribution in [0.1, 0.15) is 72.1 Å². The second kappa shape index (κ2) is 7.10. The van der Waals surface area contributed by atoms with Crippen LogP contribution in [0.5, 0.6) is 0 Å². The van der Waals surface area contributed by atoms with E-state index in [1.807, 2.05) is 0 Å². The van der Waals surface area contributed by atoms with E-state index in [-0.39, 0.29) is 29.7 Å². The van der Waals surface area contributed by atoms with E-state index in [9.17, 15) is 9.59 Å². The van der Waals surface area contributed by atoms with E-state index < -0.39 is 11.4 Å². The third-order valence-corrected chi connectivity index (χ3v) is 7.97. The first-order valence-corrected chi connectivity index (χ1v) is 10.5. The minimum Gasteiger partial charge on any atom is -0.481 e. The third-order valence-electron chi connectivity index (χ3n) is 7.97. The topological polar surface area (TPSA) is 66.4 Å². The van der Waals surface area contributed by atoms with Gasteiger partial charge in [0.15, 0.2) is 0 Å². The van der Waals surface area contributed by atoms with Gasteiger partial charge in [0.05, 0.1) is 6.42 Å². The molecule has 4 nitrogen and oxygen atoms in total. The van der Waals surface area contributed by atoms with Crippen LogP contribution < -0.4 is 5.32 Å². The Hall–Kier alpha value is -1.58. The van der Waals surface area contributed by atoms with Gasteiger partial charge in [-0.05, 0) is 61.2 Å². The number of amides is 1. The van der Waals surface area contributed by atoms with Crippen LogP contribution in [0.2, 0.25) is 0 Å². The maximum Gasteiger partial charge on any atom is 0.305 e. The fourth-order valence-electron chi connectivity index (χ4n) is 6.37. The zero-order valence-corrected chi connectivity index (χ0v) is 17.1. The first-order valence-electron chi connectivity index (χ1n) is 10.5. The number of rotatable bonds is 5. The van der Waals surface area contributed by atoms with Gasteiger partial charge in [0.25, 0.3) is 0 Å². The second-order valence-corrected chi connectivity index (χ2v) is 9.84. The summed E-state index contributed by atoms with van der Waals surface area (Å²) in [5, 5.41) is 11.8. The Balaban J connectivity index is 1.84. The van der Waals surface area contributed by atoms with E-state index in [0.717, 1.165) is 38.5 Å². The highest BCUT2D eigenvalue weighted by atomic mass is 16.4. The quantitative estimate of drug-likeness (QED) is 0.686.